The number of carbonyl (C=O) groups is 1. The van der Waals surface area contributed by atoms with Crippen molar-refractivity contribution >= 4 is 5.97 Å². The molecule has 110 valence electrons. The second kappa shape index (κ2) is 4.90. The summed E-state index contributed by atoms with van der Waals surface area (Å²) < 4.78 is 10.3. The van der Waals surface area contributed by atoms with E-state index in [-0.39, 0.29) is 11.9 Å². The van der Waals surface area contributed by atoms with E-state index >= 15 is 0 Å². The number of carbonyl (C=O) groups excluding carboxylic acids is 1. The summed E-state index contributed by atoms with van der Waals surface area (Å²) in [6.07, 6.45) is 5.34. The molecule has 1 spiro atoms. The molecule has 0 radical (unpaired) electrons. The molecule has 0 aromatic carbocycles. The molecule has 2 atom stereocenters. The number of aliphatic hydroxyl groups is 1. The smallest absolute Gasteiger partial charge is 0.337 e. The molecule has 1 aliphatic carbocycles. The molecule has 3 aliphatic rings. The fraction of sp³-hybridized carbons (Fsp3) is 0.667. The lowest BCUT2D eigenvalue weighted by Gasteiger charge is -2.46. The van der Waals surface area contributed by atoms with Crippen LogP contribution in [0.4, 0.5) is 0 Å². The Morgan fingerprint density at radius 2 is 2.15 bits per heavy atom. The Hall–Kier alpha value is -1.33. The van der Waals surface area contributed by atoms with E-state index in [0.29, 0.717) is 18.4 Å². The zero-order valence-electron chi connectivity index (χ0n) is 12.0. The summed E-state index contributed by atoms with van der Waals surface area (Å²) in [7, 11) is 3.06. The summed E-state index contributed by atoms with van der Waals surface area (Å²) >= 11 is 0. The SMILES string of the molecule is COC(=O)C1=C(O)[C@]23C[C@@H](OC)CC=C2CCN3CC1. The van der Waals surface area contributed by atoms with Gasteiger partial charge in [-0.1, -0.05) is 6.08 Å². The second-order valence-electron chi connectivity index (χ2n) is 5.69. The van der Waals surface area contributed by atoms with Crippen LogP contribution in [0.1, 0.15) is 25.7 Å². The molecule has 0 unspecified atom stereocenters. The molecule has 5 nitrogen and oxygen atoms in total. The number of rotatable bonds is 2. The van der Waals surface area contributed by atoms with Crippen LogP contribution >= 0.6 is 0 Å². The largest absolute Gasteiger partial charge is 0.509 e. The highest BCUT2D eigenvalue weighted by atomic mass is 16.5. The Bertz CT molecular complexity index is 496. The van der Waals surface area contributed by atoms with Gasteiger partial charge < -0.3 is 14.6 Å². The zero-order valence-corrected chi connectivity index (χ0v) is 12.0. The highest BCUT2D eigenvalue weighted by Gasteiger charge is 2.54. The number of ether oxygens (including phenoxy) is 2. The van der Waals surface area contributed by atoms with E-state index < -0.39 is 11.5 Å². The highest BCUT2D eigenvalue weighted by molar-refractivity contribution is 5.89. The molecule has 2 heterocycles. The molecular weight excluding hydrogens is 258 g/mol. The van der Waals surface area contributed by atoms with E-state index in [1.165, 1.54) is 12.7 Å². The average molecular weight is 279 g/mol. The van der Waals surface area contributed by atoms with Crippen molar-refractivity contribution in [1.82, 2.24) is 4.90 Å². The molecule has 20 heavy (non-hydrogen) atoms. The van der Waals surface area contributed by atoms with Gasteiger partial charge in [0.15, 0.2) is 0 Å². The molecule has 0 aromatic heterocycles. The summed E-state index contributed by atoms with van der Waals surface area (Å²) in [4.78, 5) is 14.2. The van der Waals surface area contributed by atoms with Crippen LogP contribution < -0.4 is 0 Å². The first-order valence-electron chi connectivity index (χ1n) is 7.11. The quantitative estimate of drug-likeness (QED) is 0.614. The third kappa shape index (κ3) is 1.73. The Balaban J connectivity index is 2.08. The van der Waals surface area contributed by atoms with Crippen molar-refractivity contribution in [3.05, 3.63) is 23.0 Å². The summed E-state index contributed by atoms with van der Waals surface area (Å²) in [5, 5.41) is 10.8. The summed E-state index contributed by atoms with van der Waals surface area (Å²) in [5.74, 6) is -0.233. The van der Waals surface area contributed by atoms with Crippen molar-refractivity contribution in [2.24, 2.45) is 0 Å². The van der Waals surface area contributed by atoms with Gasteiger partial charge >= 0.3 is 5.97 Å². The van der Waals surface area contributed by atoms with Crippen LogP contribution in [0.25, 0.3) is 0 Å². The third-order valence-corrected chi connectivity index (χ3v) is 4.95. The molecule has 0 saturated carbocycles. The molecule has 3 rings (SSSR count). The molecule has 0 bridgehead atoms. The predicted octanol–water partition coefficient (Wildman–Crippen LogP) is 1.55. The Morgan fingerprint density at radius 3 is 2.85 bits per heavy atom. The maximum Gasteiger partial charge on any atom is 0.337 e. The van der Waals surface area contributed by atoms with Crippen molar-refractivity contribution in [2.45, 2.75) is 37.3 Å². The maximum absolute atomic E-state index is 11.9. The van der Waals surface area contributed by atoms with E-state index in [9.17, 15) is 9.90 Å². The first-order valence-corrected chi connectivity index (χ1v) is 7.11. The number of hydrogen-bond acceptors (Lipinski definition) is 5. The maximum atomic E-state index is 11.9. The van der Waals surface area contributed by atoms with Gasteiger partial charge in [-0.2, -0.15) is 0 Å². The van der Waals surface area contributed by atoms with Crippen LogP contribution in [-0.4, -0.2) is 54.9 Å². The summed E-state index contributed by atoms with van der Waals surface area (Å²) in [6, 6.07) is 0. The lowest BCUT2D eigenvalue weighted by molar-refractivity contribution is -0.137. The summed E-state index contributed by atoms with van der Waals surface area (Å²) in [6.45, 7) is 1.71. The molecular formula is C15H21NO4. The monoisotopic (exact) mass is 279 g/mol. The van der Waals surface area contributed by atoms with Crippen molar-refractivity contribution in [2.75, 3.05) is 27.3 Å². The number of methoxy groups -OCH3 is 2. The normalized spacial score (nSPS) is 33.5. The van der Waals surface area contributed by atoms with Crippen LogP contribution in [0, 0.1) is 0 Å². The van der Waals surface area contributed by atoms with E-state index in [2.05, 4.69) is 11.0 Å². The molecule has 5 heteroatoms. The number of nitrogens with zero attached hydrogens (tertiary/aromatic N) is 1. The van der Waals surface area contributed by atoms with Gasteiger partial charge in [0.05, 0.1) is 18.8 Å². The van der Waals surface area contributed by atoms with Gasteiger partial charge in [-0.3, -0.25) is 4.90 Å². The molecule has 2 aliphatic heterocycles. The molecule has 0 aromatic rings. The minimum Gasteiger partial charge on any atom is -0.509 e. The fourth-order valence-corrected chi connectivity index (χ4v) is 3.89. The van der Waals surface area contributed by atoms with E-state index in [4.69, 9.17) is 9.47 Å². The van der Waals surface area contributed by atoms with Gasteiger partial charge in [0.2, 0.25) is 0 Å². The molecule has 1 fully saturated rings. The molecule has 1 saturated heterocycles. The van der Waals surface area contributed by atoms with Crippen molar-refractivity contribution in [3.8, 4) is 0 Å². The number of esters is 1. The Morgan fingerprint density at radius 1 is 1.40 bits per heavy atom. The van der Waals surface area contributed by atoms with E-state index in [1.54, 1.807) is 7.11 Å². The Kier molecular flexibility index (Phi) is 3.34. The van der Waals surface area contributed by atoms with Crippen molar-refractivity contribution in [1.29, 1.82) is 0 Å². The summed E-state index contributed by atoms with van der Waals surface area (Å²) in [5.41, 5.74) is 1.12. The predicted molar refractivity (Wildman–Crippen MR) is 73.3 cm³/mol. The third-order valence-electron chi connectivity index (χ3n) is 4.95. The number of aliphatic hydroxyl groups excluding tert-OH is 1. The van der Waals surface area contributed by atoms with Crippen LogP contribution in [0.3, 0.4) is 0 Å². The minimum atomic E-state index is -0.527. The van der Waals surface area contributed by atoms with Gasteiger partial charge in [-0.25, -0.2) is 4.79 Å². The average Bonchev–Trinajstić information content (AvgIpc) is 2.86. The van der Waals surface area contributed by atoms with Gasteiger partial charge in [0.1, 0.15) is 11.3 Å². The van der Waals surface area contributed by atoms with E-state index in [1.807, 2.05) is 0 Å². The lowest BCUT2D eigenvalue weighted by atomic mass is 9.74. The van der Waals surface area contributed by atoms with Gasteiger partial charge in [-0.05, 0) is 24.8 Å². The highest BCUT2D eigenvalue weighted by Crippen LogP contribution is 2.49. The standard InChI is InChI=1S/C15H21NO4/c1-19-11-4-3-10-5-7-16-8-6-12(14(18)20-2)13(17)15(10,16)9-11/h3,11,17H,4-9H2,1-2H3/t11-,15-/m0/s1. The zero-order chi connectivity index (χ0) is 14.3. The lowest BCUT2D eigenvalue weighted by Crippen LogP contribution is -2.54. The van der Waals surface area contributed by atoms with Crippen molar-refractivity contribution in [3.63, 3.8) is 0 Å². The minimum absolute atomic E-state index is 0.0819. The van der Waals surface area contributed by atoms with Crippen molar-refractivity contribution < 1.29 is 19.4 Å². The second-order valence-corrected chi connectivity index (χ2v) is 5.69. The van der Waals surface area contributed by atoms with Crippen LogP contribution in [0.5, 0.6) is 0 Å². The van der Waals surface area contributed by atoms with Gasteiger partial charge in [-0.15, -0.1) is 0 Å². The van der Waals surface area contributed by atoms with E-state index in [0.717, 1.165) is 25.9 Å². The molecule has 1 N–H and O–H groups in total. The van der Waals surface area contributed by atoms with Gasteiger partial charge in [0.25, 0.3) is 0 Å². The fourth-order valence-electron chi connectivity index (χ4n) is 3.89. The first kappa shape index (κ1) is 13.6. The van der Waals surface area contributed by atoms with Crippen LogP contribution in [0.15, 0.2) is 23.0 Å². The van der Waals surface area contributed by atoms with Crippen LogP contribution in [0.2, 0.25) is 0 Å². The topological polar surface area (TPSA) is 59.0 Å². The first-order chi connectivity index (χ1) is 9.63. The van der Waals surface area contributed by atoms with Crippen LogP contribution in [-0.2, 0) is 14.3 Å². The van der Waals surface area contributed by atoms with Gasteiger partial charge in [0, 0.05) is 26.6 Å². The Labute approximate surface area is 118 Å². The number of hydrogen-bond donors (Lipinski definition) is 1. The molecule has 0 amide bonds.